The zero-order valence-electron chi connectivity index (χ0n) is 15.3. The number of benzene rings is 2. The van der Waals surface area contributed by atoms with Gasteiger partial charge in [0.05, 0.1) is 9.79 Å². The van der Waals surface area contributed by atoms with Gasteiger partial charge in [-0.25, -0.2) is 21.6 Å². The summed E-state index contributed by atoms with van der Waals surface area (Å²) in [7, 11) is -7.08. The fourth-order valence-electron chi connectivity index (χ4n) is 3.01. The predicted molar refractivity (Wildman–Crippen MR) is 104 cm³/mol. The number of piperidine rings is 1. The summed E-state index contributed by atoms with van der Waals surface area (Å²) >= 11 is 0. The van der Waals surface area contributed by atoms with Crippen LogP contribution in [0.4, 0.5) is 0 Å². The van der Waals surface area contributed by atoms with E-state index in [-0.39, 0.29) is 16.3 Å². The van der Waals surface area contributed by atoms with Gasteiger partial charge in [-0.3, -0.25) is 0 Å². The van der Waals surface area contributed by atoms with Gasteiger partial charge in [-0.05, 0) is 49.6 Å². The number of nitrogens with zero attached hydrogens (tertiary/aromatic N) is 1. The number of aryl methyl sites for hydroxylation is 1. The molecule has 8 heteroatoms. The minimum atomic E-state index is -3.61. The molecule has 0 bridgehead atoms. The van der Waals surface area contributed by atoms with E-state index in [1.807, 2.05) is 6.92 Å². The van der Waals surface area contributed by atoms with Crippen LogP contribution in [0.3, 0.4) is 0 Å². The topological polar surface area (TPSA) is 83.5 Å². The molecule has 0 radical (unpaired) electrons. The molecule has 1 fully saturated rings. The molecule has 146 valence electrons. The van der Waals surface area contributed by atoms with Crippen LogP contribution in [0.25, 0.3) is 0 Å². The third-order valence-electron chi connectivity index (χ3n) is 4.67. The zero-order valence-corrected chi connectivity index (χ0v) is 16.9. The van der Waals surface area contributed by atoms with Gasteiger partial charge in [0.25, 0.3) is 0 Å². The average molecular weight is 409 g/mol. The molecule has 1 heterocycles. The predicted octanol–water partition coefficient (Wildman–Crippen LogP) is 2.65. The fourth-order valence-corrected chi connectivity index (χ4v) is 5.55. The van der Waals surface area contributed by atoms with E-state index < -0.39 is 20.0 Å². The Hall–Kier alpha value is -1.74. The molecule has 2 aromatic carbocycles. The van der Waals surface area contributed by atoms with Crippen LogP contribution < -0.4 is 4.72 Å². The maximum atomic E-state index is 12.6. The molecule has 0 aliphatic carbocycles. The highest BCUT2D eigenvalue weighted by Crippen LogP contribution is 2.21. The van der Waals surface area contributed by atoms with Gasteiger partial charge in [-0.1, -0.05) is 36.2 Å². The molecule has 1 aliphatic heterocycles. The number of hydrogen-bond acceptors (Lipinski definition) is 4. The second kappa shape index (κ2) is 8.10. The zero-order chi connectivity index (χ0) is 19.5. The molecule has 0 aromatic heterocycles. The second-order valence-corrected chi connectivity index (χ2v) is 10.5. The smallest absolute Gasteiger partial charge is 0.207 e. The SMILES string of the molecule is Cc1ccc(S(=O)(=O)NCc2ccc(S(=O)(=O)N3CCCCC3)cc2)cc1. The average Bonchev–Trinajstić information content (AvgIpc) is 2.68. The third kappa shape index (κ3) is 4.76. The molecule has 2 aromatic rings. The van der Waals surface area contributed by atoms with E-state index >= 15 is 0 Å². The highest BCUT2D eigenvalue weighted by atomic mass is 32.2. The van der Waals surface area contributed by atoms with E-state index in [0.29, 0.717) is 18.7 Å². The van der Waals surface area contributed by atoms with Crippen LogP contribution in [-0.2, 0) is 26.6 Å². The second-order valence-electron chi connectivity index (χ2n) is 6.75. The molecule has 1 saturated heterocycles. The lowest BCUT2D eigenvalue weighted by Gasteiger charge is -2.25. The Balaban J connectivity index is 1.68. The van der Waals surface area contributed by atoms with Crippen molar-refractivity contribution < 1.29 is 16.8 Å². The first-order valence-corrected chi connectivity index (χ1v) is 11.9. The van der Waals surface area contributed by atoms with Crippen molar-refractivity contribution in [3.63, 3.8) is 0 Å². The molecule has 0 saturated carbocycles. The van der Waals surface area contributed by atoms with E-state index in [2.05, 4.69) is 4.72 Å². The number of nitrogens with one attached hydrogen (secondary N) is 1. The van der Waals surface area contributed by atoms with Crippen molar-refractivity contribution in [3.05, 3.63) is 59.7 Å². The van der Waals surface area contributed by atoms with Crippen LogP contribution in [-0.4, -0.2) is 34.2 Å². The van der Waals surface area contributed by atoms with Crippen LogP contribution in [0, 0.1) is 6.92 Å². The van der Waals surface area contributed by atoms with E-state index in [1.165, 1.54) is 4.31 Å². The van der Waals surface area contributed by atoms with Crippen molar-refractivity contribution in [3.8, 4) is 0 Å². The van der Waals surface area contributed by atoms with Crippen molar-refractivity contribution >= 4 is 20.0 Å². The van der Waals surface area contributed by atoms with Gasteiger partial charge >= 0.3 is 0 Å². The van der Waals surface area contributed by atoms with Gasteiger partial charge in [0.1, 0.15) is 0 Å². The van der Waals surface area contributed by atoms with Gasteiger partial charge in [-0.2, -0.15) is 4.31 Å². The van der Waals surface area contributed by atoms with Crippen LogP contribution in [0.15, 0.2) is 58.3 Å². The standard InChI is InChI=1S/C19H24N2O4S2/c1-16-5-9-18(10-6-16)26(22,23)20-15-17-7-11-19(12-8-17)27(24,25)21-13-3-2-4-14-21/h5-12,20H,2-4,13-15H2,1H3. The highest BCUT2D eigenvalue weighted by molar-refractivity contribution is 7.89. The van der Waals surface area contributed by atoms with E-state index in [4.69, 9.17) is 0 Å². The van der Waals surface area contributed by atoms with Crippen LogP contribution in [0.2, 0.25) is 0 Å². The Labute approximate surface area is 161 Å². The van der Waals surface area contributed by atoms with Crippen LogP contribution in [0.5, 0.6) is 0 Å². The maximum absolute atomic E-state index is 12.6. The molecule has 0 atom stereocenters. The largest absolute Gasteiger partial charge is 0.243 e. The summed E-state index contributed by atoms with van der Waals surface area (Å²) in [5.41, 5.74) is 1.68. The first kappa shape index (κ1) is 20.0. The fraction of sp³-hybridized carbons (Fsp3) is 0.368. The van der Waals surface area contributed by atoms with E-state index in [0.717, 1.165) is 24.8 Å². The summed E-state index contributed by atoms with van der Waals surface area (Å²) in [6.07, 6.45) is 2.84. The Morgan fingerprint density at radius 2 is 1.37 bits per heavy atom. The summed E-state index contributed by atoms with van der Waals surface area (Å²) in [5, 5.41) is 0. The first-order chi connectivity index (χ1) is 12.8. The van der Waals surface area contributed by atoms with Crippen molar-refractivity contribution in [1.82, 2.24) is 9.03 Å². The monoisotopic (exact) mass is 408 g/mol. The molecule has 6 nitrogen and oxygen atoms in total. The number of hydrogen-bond donors (Lipinski definition) is 1. The lowest BCUT2D eigenvalue weighted by Crippen LogP contribution is -2.35. The quantitative estimate of drug-likeness (QED) is 0.796. The lowest BCUT2D eigenvalue weighted by atomic mass is 10.2. The molecule has 0 spiro atoms. The highest BCUT2D eigenvalue weighted by Gasteiger charge is 2.25. The molecule has 27 heavy (non-hydrogen) atoms. The van der Waals surface area contributed by atoms with Crippen LogP contribution >= 0.6 is 0 Å². The molecule has 3 rings (SSSR count). The number of sulfonamides is 2. The molecule has 1 N–H and O–H groups in total. The Morgan fingerprint density at radius 3 is 1.96 bits per heavy atom. The summed E-state index contributed by atoms with van der Waals surface area (Å²) < 4.78 is 54.0. The molecule has 0 unspecified atom stereocenters. The molecular weight excluding hydrogens is 384 g/mol. The summed E-state index contributed by atoms with van der Waals surface area (Å²) in [4.78, 5) is 0.451. The van der Waals surface area contributed by atoms with E-state index in [1.54, 1.807) is 48.5 Å². The summed E-state index contributed by atoms with van der Waals surface area (Å²) in [6, 6.07) is 13.0. The van der Waals surface area contributed by atoms with Crippen molar-refractivity contribution in [2.75, 3.05) is 13.1 Å². The van der Waals surface area contributed by atoms with E-state index in [9.17, 15) is 16.8 Å². The van der Waals surface area contributed by atoms with Crippen molar-refractivity contribution in [2.45, 2.75) is 42.5 Å². The Kier molecular flexibility index (Phi) is 6.00. The third-order valence-corrected chi connectivity index (χ3v) is 8.00. The van der Waals surface area contributed by atoms with Gasteiger partial charge in [-0.15, -0.1) is 0 Å². The minimum absolute atomic E-state index is 0.0975. The van der Waals surface area contributed by atoms with Gasteiger partial charge in [0.15, 0.2) is 0 Å². The van der Waals surface area contributed by atoms with Gasteiger partial charge in [0.2, 0.25) is 20.0 Å². The Morgan fingerprint density at radius 1 is 0.815 bits per heavy atom. The van der Waals surface area contributed by atoms with Crippen molar-refractivity contribution in [1.29, 1.82) is 0 Å². The normalized spacial score (nSPS) is 16.3. The van der Waals surface area contributed by atoms with Gasteiger partial charge < -0.3 is 0 Å². The summed E-state index contributed by atoms with van der Waals surface area (Å²) in [6.45, 7) is 3.10. The van der Waals surface area contributed by atoms with Gasteiger partial charge in [0, 0.05) is 19.6 Å². The Bertz CT molecular complexity index is 977. The molecule has 1 aliphatic rings. The lowest BCUT2D eigenvalue weighted by molar-refractivity contribution is 0.346. The number of rotatable bonds is 6. The minimum Gasteiger partial charge on any atom is -0.207 e. The van der Waals surface area contributed by atoms with Crippen molar-refractivity contribution in [2.24, 2.45) is 0 Å². The first-order valence-electron chi connectivity index (χ1n) is 8.94. The maximum Gasteiger partial charge on any atom is 0.243 e. The van der Waals surface area contributed by atoms with Crippen LogP contribution in [0.1, 0.15) is 30.4 Å². The molecular formula is C19H24N2O4S2. The summed E-state index contributed by atoms with van der Waals surface area (Å²) in [5.74, 6) is 0. The molecule has 0 amide bonds.